The lowest BCUT2D eigenvalue weighted by atomic mass is 9.83. The number of hydrogen-bond acceptors (Lipinski definition) is 2. The van der Waals surface area contributed by atoms with E-state index in [1.165, 1.54) is 57.8 Å². The molecule has 5 heteroatoms. The maximum Gasteiger partial charge on any atom is 0.268 e. The predicted molar refractivity (Wildman–Crippen MR) is 181 cm³/mol. The second kappa shape index (κ2) is 17.9. The summed E-state index contributed by atoms with van der Waals surface area (Å²) in [5.41, 5.74) is 3.76. The van der Waals surface area contributed by atoms with E-state index >= 15 is 0 Å². The first-order chi connectivity index (χ1) is 21.7. The van der Waals surface area contributed by atoms with Crippen LogP contribution in [0.1, 0.15) is 88.1 Å². The molecule has 0 aliphatic heterocycles. The van der Waals surface area contributed by atoms with Crippen LogP contribution in [0.4, 0.5) is 0 Å². The summed E-state index contributed by atoms with van der Waals surface area (Å²) in [6, 6.07) is 39.0. The Bertz CT molecular complexity index is 1500. The summed E-state index contributed by atoms with van der Waals surface area (Å²) in [4.78, 5) is 0. The molecule has 1 aromatic heterocycles. The van der Waals surface area contributed by atoms with Gasteiger partial charge in [0, 0.05) is 0 Å². The summed E-state index contributed by atoms with van der Waals surface area (Å²) < 4.78 is 10.9. The first-order valence-corrected chi connectivity index (χ1v) is 16.7. The van der Waals surface area contributed by atoms with E-state index in [9.17, 15) is 5.11 Å². The van der Waals surface area contributed by atoms with Gasteiger partial charge in [0.15, 0.2) is 17.8 Å². The molecule has 4 nitrogen and oxygen atoms in total. The third kappa shape index (κ3) is 8.85. The van der Waals surface area contributed by atoms with Crippen LogP contribution in [0.2, 0.25) is 0 Å². The van der Waals surface area contributed by atoms with E-state index < -0.39 is 5.60 Å². The van der Waals surface area contributed by atoms with E-state index in [4.69, 9.17) is 4.74 Å². The van der Waals surface area contributed by atoms with E-state index in [0.717, 1.165) is 46.7 Å². The number of nitrogens with zero attached hydrogens (tertiary/aromatic N) is 2. The summed E-state index contributed by atoms with van der Waals surface area (Å²) in [5.74, 6) is 0.996. The van der Waals surface area contributed by atoms with Gasteiger partial charge in [-0.1, -0.05) is 156 Å². The third-order valence-corrected chi connectivity index (χ3v) is 8.78. The van der Waals surface area contributed by atoms with Crippen molar-refractivity contribution < 1.29 is 26.8 Å². The monoisotopic (exact) mass is 624 g/mol. The Hall–Kier alpha value is -3.44. The summed E-state index contributed by atoms with van der Waals surface area (Å²) in [7, 11) is 0. The first kappa shape index (κ1) is 34.4. The molecule has 0 unspecified atom stereocenters. The normalized spacial score (nSPS) is 11.5. The highest BCUT2D eigenvalue weighted by Gasteiger charge is 2.39. The molecule has 5 rings (SSSR count). The second-order valence-electron chi connectivity index (χ2n) is 12.0. The maximum atomic E-state index is 12.6. The van der Waals surface area contributed by atoms with Crippen LogP contribution in [0.5, 0.6) is 0 Å². The zero-order chi connectivity index (χ0) is 30.5. The molecule has 0 amide bonds. The molecule has 45 heavy (non-hydrogen) atoms. The van der Waals surface area contributed by atoms with Gasteiger partial charge in [-0.3, -0.25) is 0 Å². The minimum absolute atomic E-state index is 0. The van der Waals surface area contributed by atoms with Gasteiger partial charge >= 0.3 is 0 Å². The zero-order valence-electron chi connectivity index (χ0n) is 26.8. The first-order valence-electron chi connectivity index (χ1n) is 16.7. The second-order valence-corrected chi connectivity index (χ2v) is 12.0. The van der Waals surface area contributed by atoms with E-state index in [1.54, 1.807) is 0 Å². The lowest BCUT2D eigenvalue weighted by Crippen LogP contribution is -3.00. The number of halogens is 1. The number of para-hydroxylation sites is 3. The quantitative estimate of drug-likeness (QED) is 0.0919. The average Bonchev–Trinajstić information content (AvgIpc) is 3.38. The zero-order valence-corrected chi connectivity index (χ0v) is 27.5. The van der Waals surface area contributed by atoms with Crippen LogP contribution < -0.4 is 17.0 Å². The highest BCUT2D eigenvalue weighted by Crippen LogP contribution is 2.34. The number of benzene rings is 4. The van der Waals surface area contributed by atoms with Crippen LogP contribution in [0.3, 0.4) is 0 Å². The maximum absolute atomic E-state index is 12.6. The SMILES string of the molecule is CCCCCCCCCCCCOC[n+]1c(CC(O)(c2ccccc2)c2ccccc2)n(-c2ccccc2)c2ccccc21.[Cl-]. The minimum Gasteiger partial charge on any atom is -1.00 e. The topological polar surface area (TPSA) is 38.3 Å². The Balaban J connectivity index is 0.00000461. The van der Waals surface area contributed by atoms with Gasteiger partial charge in [-0.25, -0.2) is 4.57 Å². The van der Waals surface area contributed by atoms with Crippen molar-refractivity contribution in [3.8, 4) is 5.69 Å². The van der Waals surface area contributed by atoms with Crippen molar-refractivity contribution in [2.45, 2.75) is 89.9 Å². The summed E-state index contributed by atoms with van der Waals surface area (Å²) in [6.45, 7) is 3.44. The van der Waals surface area contributed by atoms with Gasteiger partial charge in [0.25, 0.3) is 5.82 Å². The van der Waals surface area contributed by atoms with Gasteiger partial charge < -0.3 is 22.3 Å². The molecule has 1 heterocycles. The predicted octanol–water partition coefficient (Wildman–Crippen LogP) is 6.30. The molecule has 0 fully saturated rings. The van der Waals surface area contributed by atoms with Crippen LogP contribution in [0.15, 0.2) is 115 Å². The van der Waals surface area contributed by atoms with Gasteiger partial charge in [0.2, 0.25) is 0 Å². The van der Waals surface area contributed by atoms with Crippen LogP contribution in [0, 0.1) is 0 Å². The smallest absolute Gasteiger partial charge is 0.268 e. The van der Waals surface area contributed by atoms with Gasteiger partial charge in [0.1, 0.15) is 11.3 Å². The number of rotatable bonds is 18. The molecular formula is C40H49ClN2O2. The number of aromatic nitrogens is 2. The molecule has 0 radical (unpaired) electrons. The lowest BCUT2D eigenvalue weighted by Gasteiger charge is -2.28. The van der Waals surface area contributed by atoms with Crippen molar-refractivity contribution in [1.29, 1.82) is 0 Å². The fraction of sp³-hybridized carbons (Fsp3) is 0.375. The van der Waals surface area contributed by atoms with Crippen molar-refractivity contribution >= 4 is 11.0 Å². The molecule has 0 atom stereocenters. The van der Waals surface area contributed by atoms with Gasteiger partial charge in [0.05, 0.1) is 13.0 Å². The molecule has 238 valence electrons. The number of fused-ring (bicyclic) bond motifs is 1. The molecule has 0 aliphatic carbocycles. The highest BCUT2D eigenvalue weighted by atomic mass is 35.5. The lowest BCUT2D eigenvalue weighted by molar-refractivity contribution is -0.717. The Morgan fingerprint density at radius 2 is 1.11 bits per heavy atom. The fourth-order valence-electron chi connectivity index (χ4n) is 6.34. The van der Waals surface area contributed by atoms with Crippen molar-refractivity contribution in [2.24, 2.45) is 0 Å². The van der Waals surface area contributed by atoms with E-state index in [2.05, 4.69) is 64.6 Å². The van der Waals surface area contributed by atoms with Crippen molar-refractivity contribution in [3.05, 3.63) is 132 Å². The van der Waals surface area contributed by atoms with Gasteiger partial charge in [-0.05, 0) is 41.8 Å². The van der Waals surface area contributed by atoms with Gasteiger partial charge in [-0.2, -0.15) is 4.57 Å². The molecule has 1 N–H and O–H groups in total. The molecule has 0 bridgehead atoms. The summed E-state index contributed by atoms with van der Waals surface area (Å²) >= 11 is 0. The summed E-state index contributed by atoms with van der Waals surface area (Å²) in [5, 5.41) is 12.6. The number of unbranched alkanes of at least 4 members (excludes halogenated alkanes) is 9. The number of hydrogen-bond donors (Lipinski definition) is 1. The summed E-state index contributed by atoms with van der Waals surface area (Å²) in [6.07, 6.45) is 13.5. The molecule has 0 aliphatic rings. The third-order valence-electron chi connectivity index (χ3n) is 8.78. The van der Waals surface area contributed by atoms with Crippen LogP contribution >= 0.6 is 0 Å². The fourth-order valence-corrected chi connectivity index (χ4v) is 6.34. The number of aliphatic hydroxyl groups is 1. The van der Waals surface area contributed by atoms with E-state index in [1.807, 2.05) is 66.7 Å². The standard InChI is InChI=1S/C40H49N2O2.ClH/c1-2-3-4-5-6-7-8-9-10-22-31-44-33-41-37-29-20-21-30-38(37)42(36-27-18-13-19-28-36)39(41)32-40(43,34-23-14-11-15-24-34)35-25-16-12-17-26-35;/h11-21,23-30,43H,2-10,22,31-33H2,1H3;1H/q+1;/p-1. The highest BCUT2D eigenvalue weighted by molar-refractivity contribution is 5.75. The van der Waals surface area contributed by atoms with Crippen molar-refractivity contribution in [3.63, 3.8) is 0 Å². The largest absolute Gasteiger partial charge is 1.00 e. The molecule has 0 spiro atoms. The van der Waals surface area contributed by atoms with Crippen molar-refractivity contribution in [2.75, 3.05) is 6.61 Å². The Labute approximate surface area is 276 Å². The average molecular weight is 625 g/mol. The molecule has 4 aromatic carbocycles. The van der Waals surface area contributed by atoms with E-state index in [0.29, 0.717) is 13.2 Å². The van der Waals surface area contributed by atoms with E-state index in [-0.39, 0.29) is 12.4 Å². The minimum atomic E-state index is -1.23. The van der Waals surface area contributed by atoms with Crippen LogP contribution in [-0.2, 0) is 23.5 Å². The molecule has 0 saturated heterocycles. The van der Waals surface area contributed by atoms with Crippen LogP contribution in [0.25, 0.3) is 16.7 Å². The van der Waals surface area contributed by atoms with Crippen molar-refractivity contribution in [1.82, 2.24) is 4.57 Å². The number of ether oxygens (including phenoxy) is 1. The number of imidazole rings is 1. The molecule has 5 aromatic rings. The van der Waals surface area contributed by atoms with Gasteiger partial charge in [-0.15, -0.1) is 0 Å². The Morgan fingerprint density at radius 1 is 0.622 bits per heavy atom. The molecule has 0 saturated carbocycles. The molecular weight excluding hydrogens is 576 g/mol. The Kier molecular flexibility index (Phi) is 13.7. The Morgan fingerprint density at radius 3 is 1.69 bits per heavy atom. The van der Waals surface area contributed by atoms with Crippen LogP contribution in [-0.4, -0.2) is 16.3 Å².